The first-order valence-electron chi connectivity index (χ1n) is 6.08. The molecule has 0 spiro atoms. The summed E-state index contributed by atoms with van der Waals surface area (Å²) >= 11 is 11.2. The third kappa shape index (κ3) is 3.79. The van der Waals surface area contributed by atoms with Gasteiger partial charge in [-0.15, -0.1) is 0 Å². The van der Waals surface area contributed by atoms with Gasteiger partial charge in [-0.1, -0.05) is 54.1 Å². The Bertz CT molecular complexity index is 536. The second-order valence-electron chi connectivity index (χ2n) is 4.30. The fourth-order valence-corrected chi connectivity index (χ4v) is 2.35. The van der Waals surface area contributed by atoms with E-state index >= 15 is 0 Å². The predicted molar refractivity (Wildman–Crippen MR) is 84.0 cm³/mol. The number of benzene rings is 2. The highest BCUT2D eigenvalue weighted by Gasteiger charge is 2.16. The lowest BCUT2D eigenvalue weighted by molar-refractivity contribution is 0.399. The molecule has 0 aromatic heterocycles. The third-order valence-electron chi connectivity index (χ3n) is 3.07. The van der Waals surface area contributed by atoms with E-state index in [4.69, 9.17) is 28.6 Å². The maximum atomic E-state index is 5.94. The maximum absolute atomic E-state index is 5.94. The first-order chi connectivity index (χ1) is 9.20. The second kappa shape index (κ2) is 6.69. The van der Waals surface area contributed by atoms with Crippen LogP contribution in [-0.4, -0.2) is 12.2 Å². The van der Waals surface area contributed by atoms with Crippen LogP contribution < -0.4 is 0 Å². The Balaban J connectivity index is 2.34. The topological polar surface area (TPSA) is 9.23 Å². The minimum atomic E-state index is 0.200. The molecule has 0 radical (unpaired) electrons. The van der Waals surface area contributed by atoms with E-state index in [0.717, 1.165) is 5.02 Å². The molecule has 1 nitrogen and oxygen atoms in total. The van der Waals surface area contributed by atoms with Crippen LogP contribution in [0.15, 0.2) is 54.6 Å². The highest BCUT2D eigenvalue weighted by molar-refractivity contribution is 7.80. The van der Waals surface area contributed by atoms with Crippen molar-refractivity contribution in [3.63, 3.8) is 0 Å². The van der Waals surface area contributed by atoms with Crippen molar-refractivity contribution in [1.82, 2.24) is 0 Å². The summed E-state index contributed by atoms with van der Waals surface area (Å²) in [5, 5.41) is 1.36. The second-order valence-corrected chi connectivity index (χ2v) is 5.19. The summed E-state index contributed by atoms with van der Waals surface area (Å²) in [4.78, 5) is 0. The van der Waals surface area contributed by atoms with Gasteiger partial charge in [-0.05, 0) is 35.5 Å². The fraction of sp³-hybridized carbons (Fsp3) is 0.188. The molecule has 0 N–H and O–H groups in total. The van der Waals surface area contributed by atoms with E-state index in [1.54, 1.807) is 7.11 Å². The number of hydrogen-bond donors (Lipinski definition) is 0. The minimum absolute atomic E-state index is 0.200. The standard InChI is InChI=1S/C16H15ClOS/c1-18-16(19)11-15(12-5-3-2-4-6-12)13-7-9-14(17)10-8-13/h2-10,15H,11H2,1H3. The van der Waals surface area contributed by atoms with Crippen molar-refractivity contribution in [2.75, 3.05) is 7.11 Å². The van der Waals surface area contributed by atoms with Gasteiger partial charge in [-0.2, -0.15) is 0 Å². The van der Waals surface area contributed by atoms with Gasteiger partial charge in [-0.25, -0.2) is 0 Å². The molecule has 3 heteroatoms. The van der Waals surface area contributed by atoms with E-state index in [1.807, 2.05) is 42.5 Å². The van der Waals surface area contributed by atoms with Gasteiger partial charge in [-0.3, -0.25) is 0 Å². The molecule has 98 valence electrons. The maximum Gasteiger partial charge on any atom is 0.160 e. The molecule has 0 amide bonds. The summed E-state index contributed by atoms with van der Waals surface area (Å²) in [6.07, 6.45) is 0.692. The normalized spacial score (nSPS) is 11.9. The number of halogens is 1. The molecule has 1 unspecified atom stereocenters. The van der Waals surface area contributed by atoms with E-state index in [2.05, 4.69) is 12.1 Å². The molecule has 0 fully saturated rings. The minimum Gasteiger partial charge on any atom is -0.490 e. The van der Waals surface area contributed by atoms with Gasteiger partial charge < -0.3 is 4.74 Å². The number of ether oxygens (including phenoxy) is 1. The van der Waals surface area contributed by atoms with Crippen LogP contribution in [-0.2, 0) is 4.74 Å². The van der Waals surface area contributed by atoms with Crippen molar-refractivity contribution in [2.45, 2.75) is 12.3 Å². The van der Waals surface area contributed by atoms with Crippen LogP contribution in [0, 0.1) is 0 Å². The quantitative estimate of drug-likeness (QED) is 0.746. The Labute approximate surface area is 124 Å². The smallest absolute Gasteiger partial charge is 0.160 e. The Kier molecular flexibility index (Phi) is 4.94. The van der Waals surface area contributed by atoms with Crippen LogP contribution >= 0.6 is 23.8 Å². The highest BCUT2D eigenvalue weighted by Crippen LogP contribution is 2.29. The molecule has 2 rings (SSSR count). The Hall–Kier alpha value is -1.38. The summed E-state index contributed by atoms with van der Waals surface area (Å²) in [6.45, 7) is 0. The highest BCUT2D eigenvalue weighted by atomic mass is 35.5. The zero-order valence-corrected chi connectivity index (χ0v) is 12.2. The summed E-state index contributed by atoms with van der Waals surface area (Å²) in [7, 11) is 1.62. The van der Waals surface area contributed by atoms with Gasteiger partial charge in [0.25, 0.3) is 0 Å². The number of hydrogen-bond acceptors (Lipinski definition) is 2. The lowest BCUT2D eigenvalue weighted by Gasteiger charge is -2.18. The molecular weight excluding hydrogens is 276 g/mol. The Morgan fingerprint density at radius 3 is 2.21 bits per heavy atom. The van der Waals surface area contributed by atoms with Crippen molar-refractivity contribution in [1.29, 1.82) is 0 Å². The van der Waals surface area contributed by atoms with Gasteiger partial charge >= 0.3 is 0 Å². The van der Waals surface area contributed by atoms with E-state index in [-0.39, 0.29) is 5.92 Å². The molecule has 0 heterocycles. The number of rotatable bonds is 4. The molecule has 0 aliphatic rings. The Morgan fingerprint density at radius 1 is 1.05 bits per heavy atom. The van der Waals surface area contributed by atoms with Crippen LogP contribution in [0.2, 0.25) is 5.02 Å². The summed E-state index contributed by atoms with van der Waals surface area (Å²) < 4.78 is 5.15. The molecule has 1 atom stereocenters. The zero-order chi connectivity index (χ0) is 13.7. The van der Waals surface area contributed by atoms with E-state index in [9.17, 15) is 0 Å². The van der Waals surface area contributed by atoms with Crippen molar-refractivity contribution in [2.24, 2.45) is 0 Å². The summed E-state index contributed by atoms with van der Waals surface area (Å²) in [5.41, 5.74) is 2.42. The average Bonchev–Trinajstić information content (AvgIpc) is 2.46. The molecule has 0 aliphatic heterocycles. The van der Waals surface area contributed by atoms with Crippen molar-refractivity contribution < 1.29 is 4.74 Å². The summed E-state index contributed by atoms with van der Waals surface area (Å²) in [5.74, 6) is 0.200. The largest absolute Gasteiger partial charge is 0.490 e. The zero-order valence-electron chi connectivity index (χ0n) is 10.7. The van der Waals surface area contributed by atoms with Crippen molar-refractivity contribution >= 4 is 28.9 Å². The molecular formula is C16H15ClOS. The van der Waals surface area contributed by atoms with Gasteiger partial charge in [0.1, 0.15) is 0 Å². The van der Waals surface area contributed by atoms with Gasteiger partial charge in [0.15, 0.2) is 5.05 Å². The van der Waals surface area contributed by atoms with E-state index in [0.29, 0.717) is 11.5 Å². The van der Waals surface area contributed by atoms with Crippen molar-refractivity contribution in [3.05, 3.63) is 70.7 Å². The lowest BCUT2D eigenvalue weighted by atomic mass is 9.89. The SMILES string of the molecule is COC(=S)CC(c1ccccc1)c1ccc(Cl)cc1. The molecule has 0 saturated heterocycles. The lowest BCUT2D eigenvalue weighted by Crippen LogP contribution is -2.08. The fourth-order valence-electron chi connectivity index (χ4n) is 2.06. The molecule has 0 aliphatic carbocycles. The first-order valence-corrected chi connectivity index (χ1v) is 6.86. The van der Waals surface area contributed by atoms with Crippen LogP contribution in [0.3, 0.4) is 0 Å². The molecule has 0 bridgehead atoms. The first kappa shape index (κ1) is 14.0. The van der Waals surface area contributed by atoms with E-state index in [1.165, 1.54) is 11.1 Å². The molecule has 0 saturated carbocycles. The van der Waals surface area contributed by atoms with Gasteiger partial charge in [0.2, 0.25) is 0 Å². The van der Waals surface area contributed by atoms with Crippen LogP contribution in [0.1, 0.15) is 23.5 Å². The number of thiocarbonyl (C=S) groups is 1. The van der Waals surface area contributed by atoms with Crippen LogP contribution in [0.25, 0.3) is 0 Å². The van der Waals surface area contributed by atoms with Crippen LogP contribution in [0.5, 0.6) is 0 Å². The van der Waals surface area contributed by atoms with Crippen molar-refractivity contribution in [3.8, 4) is 0 Å². The summed E-state index contributed by atoms with van der Waals surface area (Å²) in [6, 6.07) is 18.2. The van der Waals surface area contributed by atoms with Gasteiger partial charge in [0, 0.05) is 17.4 Å². The van der Waals surface area contributed by atoms with Crippen LogP contribution in [0.4, 0.5) is 0 Å². The Morgan fingerprint density at radius 2 is 1.63 bits per heavy atom. The van der Waals surface area contributed by atoms with E-state index < -0.39 is 0 Å². The average molecular weight is 291 g/mol. The predicted octanol–water partition coefficient (Wildman–Crippen LogP) is 4.84. The third-order valence-corrected chi connectivity index (χ3v) is 3.66. The molecule has 2 aromatic carbocycles. The monoisotopic (exact) mass is 290 g/mol. The molecule has 19 heavy (non-hydrogen) atoms. The van der Waals surface area contributed by atoms with Gasteiger partial charge in [0.05, 0.1) is 7.11 Å². The number of methoxy groups -OCH3 is 1. The molecule has 2 aromatic rings.